The molecule has 2 N–H and O–H groups in total. The van der Waals surface area contributed by atoms with Gasteiger partial charge in [-0.2, -0.15) is 0 Å². The number of benzene rings is 7. The number of fused-ring (bicyclic) bond motifs is 5. The van der Waals surface area contributed by atoms with Crippen LogP contribution in [-0.4, -0.2) is 11.7 Å². The summed E-state index contributed by atoms with van der Waals surface area (Å²) in [5.74, 6) is 1.52. The first-order valence-electron chi connectivity index (χ1n) is 16.1. The molecule has 5 heteroatoms. The molecule has 1 aromatic heterocycles. The van der Waals surface area contributed by atoms with E-state index in [0.29, 0.717) is 0 Å². The highest BCUT2D eigenvalue weighted by molar-refractivity contribution is 7.26. The molecule has 1 unspecified atom stereocenters. The predicted molar refractivity (Wildman–Crippen MR) is 204 cm³/mol. The van der Waals surface area contributed by atoms with E-state index in [1.54, 1.807) is 0 Å². The molecule has 7 aromatic carbocycles. The number of nitrogens with zero attached hydrogens (tertiary/aromatic N) is 2. The van der Waals surface area contributed by atoms with Crippen LogP contribution in [0.1, 0.15) is 22.9 Å². The maximum Gasteiger partial charge on any atom is 0.159 e. The first kappa shape index (κ1) is 28.2. The van der Waals surface area contributed by atoms with Gasteiger partial charge in [0.05, 0.1) is 5.69 Å². The molecule has 4 nitrogen and oxygen atoms in total. The van der Waals surface area contributed by atoms with Crippen molar-refractivity contribution in [2.75, 3.05) is 5.32 Å². The first-order valence-corrected chi connectivity index (χ1v) is 16.9. The number of aliphatic imine (C=N–C) groups is 2. The highest BCUT2D eigenvalue weighted by Gasteiger charge is 2.22. The van der Waals surface area contributed by atoms with E-state index >= 15 is 0 Å². The van der Waals surface area contributed by atoms with Crippen LogP contribution >= 0.6 is 11.3 Å². The Morgan fingerprint density at radius 3 is 1.88 bits per heavy atom. The molecule has 1 aliphatic heterocycles. The molecule has 48 heavy (non-hydrogen) atoms. The molecule has 0 fully saturated rings. The molecule has 9 rings (SSSR count). The van der Waals surface area contributed by atoms with Crippen molar-refractivity contribution >= 4 is 65.3 Å². The molecular weight excluding hydrogens is 605 g/mol. The van der Waals surface area contributed by atoms with Gasteiger partial charge in [-0.25, -0.2) is 9.98 Å². The molecule has 0 bridgehead atoms. The monoisotopic (exact) mass is 634 g/mol. The Balaban J connectivity index is 1.14. The Hall–Kier alpha value is -6.04. The molecule has 0 saturated carbocycles. The summed E-state index contributed by atoms with van der Waals surface area (Å²) in [5, 5.41) is 12.5. The average molecular weight is 635 g/mol. The number of amidine groups is 2. The molecule has 0 spiro atoms. The fourth-order valence-electron chi connectivity index (χ4n) is 6.64. The van der Waals surface area contributed by atoms with Crippen molar-refractivity contribution in [3.63, 3.8) is 0 Å². The van der Waals surface area contributed by atoms with Gasteiger partial charge in [-0.15, -0.1) is 11.3 Å². The van der Waals surface area contributed by atoms with Crippen molar-refractivity contribution in [3.05, 3.63) is 180 Å². The maximum absolute atomic E-state index is 5.00. The van der Waals surface area contributed by atoms with Gasteiger partial charge >= 0.3 is 0 Å². The van der Waals surface area contributed by atoms with Crippen LogP contribution in [0.4, 0.5) is 11.4 Å². The van der Waals surface area contributed by atoms with E-state index in [0.717, 1.165) is 39.7 Å². The second-order valence-electron chi connectivity index (χ2n) is 11.9. The van der Waals surface area contributed by atoms with Crippen LogP contribution in [0, 0.1) is 0 Å². The summed E-state index contributed by atoms with van der Waals surface area (Å²) in [7, 11) is 0. The second kappa shape index (κ2) is 12.0. The first-order chi connectivity index (χ1) is 23.8. The molecule has 228 valence electrons. The Morgan fingerprint density at radius 2 is 1.15 bits per heavy atom. The molecule has 0 saturated heterocycles. The van der Waals surface area contributed by atoms with Crippen LogP contribution in [0.15, 0.2) is 174 Å². The quantitative estimate of drug-likeness (QED) is 0.191. The van der Waals surface area contributed by atoms with Gasteiger partial charge in [0.15, 0.2) is 5.84 Å². The SMILES string of the molecule is c1ccc(C2=NC(c3ccccc3)NC(c3ccc(Nc4c(-c5ccccc5)c5sc6ccccc6c5c5ccccc45)cc3)=N2)cc1. The molecule has 8 aromatic rings. The zero-order valence-corrected chi connectivity index (χ0v) is 26.8. The Kier molecular flexibility index (Phi) is 7.03. The van der Waals surface area contributed by atoms with Gasteiger partial charge in [0.2, 0.25) is 0 Å². The molecule has 0 radical (unpaired) electrons. The fourth-order valence-corrected chi connectivity index (χ4v) is 7.93. The van der Waals surface area contributed by atoms with E-state index in [9.17, 15) is 0 Å². The summed E-state index contributed by atoms with van der Waals surface area (Å²) >= 11 is 1.87. The minimum absolute atomic E-state index is 0.237. The molecule has 1 atom stereocenters. The van der Waals surface area contributed by atoms with E-state index in [1.165, 1.54) is 42.1 Å². The lowest BCUT2D eigenvalue weighted by atomic mass is 9.94. The van der Waals surface area contributed by atoms with Crippen LogP contribution in [0.25, 0.3) is 42.1 Å². The minimum atomic E-state index is -0.237. The average Bonchev–Trinajstić information content (AvgIpc) is 3.55. The lowest BCUT2D eigenvalue weighted by Crippen LogP contribution is -2.33. The summed E-state index contributed by atoms with van der Waals surface area (Å²) in [4.78, 5) is 9.98. The van der Waals surface area contributed by atoms with E-state index in [2.05, 4.69) is 138 Å². The number of rotatable bonds is 6. The number of anilines is 2. The zero-order valence-electron chi connectivity index (χ0n) is 26.0. The van der Waals surface area contributed by atoms with Gasteiger partial charge in [0.25, 0.3) is 0 Å². The van der Waals surface area contributed by atoms with Gasteiger partial charge in [-0.3, -0.25) is 0 Å². The van der Waals surface area contributed by atoms with Crippen molar-refractivity contribution in [1.29, 1.82) is 0 Å². The second-order valence-corrected chi connectivity index (χ2v) is 13.0. The zero-order chi connectivity index (χ0) is 31.9. The Labute approximate surface area is 282 Å². The van der Waals surface area contributed by atoms with Gasteiger partial charge < -0.3 is 10.6 Å². The van der Waals surface area contributed by atoms with Crippen LogP contribution < -0.4 is 10.6 Å². The Bertz CT molecular complexity index is 2480. The number of hydrogen-bond donors (Lipinski definition) is 2. The number of nitrogens with one attached hydrogen (secondary N) is 2. The van der Waals surface area contributed by atoms with E-state index < -0.39 is 0 Å². The number of thiophene rings is 1. The van der Waals surface area contributed by atoms with E-state index in [-0.39, 0.29) is 6.17 Å². The summed E-state index contributed by atoms with van der Waals surface area (Å²) < 4.78 is 2.59. The normalized spacial score (nSPS) is 14.5. The third-order valence-corrected chi connectivity index (χ3v) is 10.1. The molecule has 0 aliphatic carbocycles. The Morgan fingerprint density at radius 1 is 0.542 bits per heavy atom. The van der Waals surface area contributed by atoms with Crippen LogP contribution in [0.3, 0.4) is 0 Å². The summed E-state index contributed by atoms with van der Waals surface area (Å²) in [6, 6.07) is 57.3. The summed E-state index contributed by atoms with van der Waals surface area (Å²) in [6.45, 7) is 0. The molecule has 1 aliphatic rings. The van der Waals surface area contributed by atoms with Crippen molar-refractivity contribution in [1.82, 2.24) is 5.32 Å². The van der Waals surface area contributed by atoms with Gasteiger partial charge in [-0.05, 0) is 46.8 Å². The van der Waals surface area contributed by atoms with E-state index in [1.807, 2.05) is 47.7 Å². The third kappa shape index (κ3) is 5.02. The van der Waals surface area contributed by atoms with Crippen LogP contribution in [0.5, 0.6) is 0 Å². The largest absolute Gasteiger partial charge is 0.354 e. The highest BCUT2D eigenvalue weighted by atomic mass is 32.1. The van der Waals surface area contributed by atoms with Crippen LogP contribution in [-0.2, 0) is 0 Å². The molecule has 0 amide bonds. The van der Waals surface area contributed by atoms with Gasteiger partial charge in [0.1, 0.15) is 12.0 Å². The van der Waals surface area contributed by atoms with Gasteiger partial charge in [-0.1, -0.05) is 133 Å². The molecular formula is C43H30N4S. The number of hydrogen-bond acceptors (Lipinski definition) is 5. The molecule has 2 heterocycles. The van der Waals surface area contributed by atoms with Gasteiger partial charge in [0, 0.05) is 47.9 Å². The predicted octanol–water partition coefficient (Wildman–Crippen LogP) is 11.1. The van der Waals surface area contributed by atoms with Crippen molar-refractivity contribution in [2.24, 2.45) is 9.98 Å². The third-order valence-electron chi connectivity index (χ3n) is 8.92. The van der Waals surface area contributed by atoms with Crippen molar-refractivity contribution in [2.45, 2.75) is 6.17 Å². The minimum Gasteiger partial charge on any atom is -0.354 e. The maximum atomic E-state index is 5.00. The lowest BCUT2D eigenvalue weighted by molar-refractivity contribution is 0.674. The van der Waals surface area contributed by atoms with E-state index in [4.69, 9.17) is 9.98 Å². The van der Waals surface area contributed by atoms with Crippen molar-refractivity contribution < 1.29 is 0 Å². The van der Waals surface area contributed by atoms with Crippen LogP contribution in [0.2, 0.25) is 0 Å². The standard InChI is InChI=1S/C43H30N4S/c1-4-14-28(15-5-1)37-39(34-21-11-10-20-33(34)38-35-22-12-13-23-36(35)48-40(37)38)44-32-26-24-31(25-27-32)43-46-41(29-16-6-2-7-17-29)45-42(47-43)30-18-8-3-9-19-30/h1-27,41,44H,(H,45,46,47). The van der Waals surface area contributed by atoms with Crippen molar-refractivity contribution in [3.8, 4) is 11.1 Å². The smallest absolute Gasteiger partial charge is 0.159 e. The lowest BCUT2D eigenvalue weighted by Gasteiger charge is -2.24. The summed E-state index contributed by atoms with van der Waals surface area (Å²) in [6.07, 6.45) is -0.237. The fraction of sp³-hybridized carbons (Fsp3) is 0.0233. The summed E-state index contributed by atoms with van der Waals surface area (Å²) in [5.41, 5.74) is 7.62. The highest BCUT2D eigenvalue weighted by Crippen LogP contribution is 2.49. The topological polar surface area (TPSA) is 48.8 Å².